The summed E-state index contributed by atoms with van der Waals surface area (Å²) < 4.78 is 6.03. The maximum Gasteiger partial charge on any atom is 0.306 e. The fourth-order valence-corrected chi connectivity index (χ4v) is 2.63. The zero-order chi connectivity index (χ0) is 11.6. The van der Waals surface area contributed by atoms with Crippen LogP contribution >= 0.6 is 0 Å². The summed E-state index contributed by atoms with van der Waals surface area (Å²) in [7, 11) is 0. The zero-order valence-corrected chi connectivity index (χ0v) is 9.87. The van der Waals surface area contributed by atoms with Crippen LogP contribution in [0.25, 0.3) is 0 Å². The largest absolute Gasteiger partial charge is 0.481 e. The first-order valence-corrected chi connectivity index (χ1v) is 6.20. The van der Waals surface area contributed by atoms with Gasteiger partial charge in [0.15, 0.2) is 0 Å². The van der Waals surface area contributed by atoms with Gasteiger partial charge in [-0.3, -0.25) is 4.79 Å². The Morgan fingerprint density at radius 3 is 2.44 bits per heavy atom. The summed E-state index contributed by atoms with van der Waals surface area (Å²) in [5.41, 5.74) is -0.420. The third-order valence-electron chi connectivity index (χ3n) is 3.75. The Labute approximate surface area is 96.4 Å². The van der Waals surface area contributed by atoms with Gasteiger partial charge in [-0.15, -0.1) is 0 Å². The molecule has 16 heavy (non-hydrogen) atoms. The van der Waals surface area contributed by atoms with Crippen LogP contribution in [-0.4, -0.2) is 35.9 Å². The third kappa shape index (κ3) is 2.74. The minimum atomic E-state index is -0.759. The van der Waals surface area contributed by atoms with Crippen molar-refractivity contribution in [1.82, 2.24) is 5.32 Å². The summed E-state index contributed by atoms with van der Waals surface area (Å²) in [6, 6.07) is 0. The maximum absolute atomic E-state index is 10.8. The first-order chi connectivity index (χ1) is 7.60. The Morgan fingerprint density at radius 2 is 2.00 bits per heavy atom. The second-order valence-corrected chi connectivity index (χ2v) is 5.36. The molecule has 1 heterocycles. The summed E-state index contributed by atoms with van der Waals surface area (Å²) in [4.78, 5) is 10.8. The zero-order valence-electron chi connectivity index (χ0n) is 9.87. The molecule has 0 aromatic rings. The molecule has 4 heteroatoms. The lowest BCUT2D eigenvalue weighted by atomic mass is 9.87. The Kier molecular flexibility index (Phi) is 3.50. The molecule has 1 aliphatic heterocycles. The second-order valence-electron chi connectivity index (χ2n) is 5.36. The molecule has 4 nitrogen and oxygen atoms in total. The summed E-state index contributed by atoms with van der Waals surface area (Å²) in [6.45, 7) is 3.64. The average molecular weight is 227 g/mol. The predicted octanol–water partition coefficient (Wildman–Crippen LogP) is 1.40. The van der Waals surface area contributed by atoms with E-state index in [0.717, 1.165) is 18.8 Å². The molecule has 2 fully saturated rings. The van der Waals surface area contributed by atoms with E-state index in [-0.39, 0.29) is 12.5 Å². The van der Waals surface area contributed by atoms with Crippen molar-refractivity contribution in [3.05, 3.63) is 0 Å². The Bertz CT molecular complexity index is 255. The van der Waals surface area contributed by atoms with Crippen molar-refractivity contribution in [3.8, 4) is 0 Å². The molecular formula is C12H21NO3. The number of carbonyl (C=O) groups is 1. The maximum atomic E-state index is 10.8. The molecule has 2 N–H and O–H groups in total. The molecule has 1 saturated heterocycles. The smallest absolute Gasteiger partial charge is 0.306 e. The third-order valence-corrected chi connectivity index (χ3v) is 3.75. The van der Waals surface area contributed by atoms with Gasteiger partial charge in [0.1, 0.15) is 5.60 Å². The first kappa shape index (κ1) is 11.9. The summed E-state index contributed by atoms with van der Waals surface area (Å²) in [5, 5.41) is 12.0. The van der Waals surface area contributed by atoms with Crippen molar-refractivity contribution >= 4 is 5.97 Å². The van der Waals surface area contributed by atoms with Crippen LogP contribution in [0.2, 0.25) is 0 Å². The average Bonchev–Trinajstić information content (AvgIpc) is 2.17. The van der Waals surface area contributed by atoms with Crippen LogP contribution in [0.3, 0.4) is 0 Å². The lowest BCUT2D eigenvalue weighted by Gasteiger charge is -2.44. The van der Waals surface area contributed by atoms with E-state index < -0.39 is 11.6 Å². The number of rotatable bonds is 4. The van der Waals surface area contributed by atoms with Gasteiger partial charge in [0.2, 0.25) is 0 Å². The number of ether oxygens (including phenoxy) is 1. The van der Waals surface area contributed by atoms with Crippen molar-refractivity contribution in [3.63, 3.8) is 0 Å². The summed E-state index contributed by atoms with van der Waals surface area (Å²) in [6.07, 6.45) is 5.00. The van der Waals surface area contributed by atoms with Gasteiger partial charge in [0, 0.05) is 13.1 Å². The summed E-state index contributed by atoms with van der Waals surface area (Å²) >= 11 is 0. The fraction of sp³-hybridized carbons (Fsp3) is 0.917. The molecule has 0 amide bonds. The topological polar surface area (TPSA) is 58.6 Å². The van der Waals surface area contributed by atoms with Gasteiger partial charge >= 0.3 is 5.97 Å². The molecule has 1 aliphatic carbocycles. The quantitative estimate of drug-likeness (QED) is 0.762. The molecule has 2 rings (SSSR count). The van der Waals surface area contributed by atoms with Gasteiger partial charge in [-0.2, -0.15) is 0 Å². The molecule has 0 spiro atoms. The molecule has 92 valence electrons. The van der Waals surface area contributed by atoms with Gasteiger partial charge in [-0.05, 0) is 31.6 Å². The molecule has 0 aromatic carbocycles. The van der Waals surface area contributed by atoms with E-state index in [4.69, 9.17) is 9.84 Å². The van der Waals surface area contributed by atoms with Gasteiger partial charge in [0.25, 0.3) is 0 Å². The molecule has 0 radical (unpaired) electrons. The van der Waals surface area contributed by atoms with E-state index in [2.05, 4.69) is 12.2 Å². The van der Waals surface area contributed by atoms with Crippen molar-refractivity contribution < 1.29 is 14.6 Å². The van der Waals surface area contributed by atoms with Crippen LogP contribution in [0.1, 0.15) is 39.0 Å². The van der Waals surface area contributed by atoms with Crippen molar-refractivity contribution in [2.45, 2.75) is 50.7 Å². The monoisotopic (exact) mass is 227 g/mol. The highest BCUT2D eigenvalue weighted by Gasteiger charge is 2.42. The normalized spacial score (nSPS) is 33.1. The highest BCUT2D eigenvalue weighted by atomic mass is 16.5. The SMILES string of the molecule is CC1CCC(OC2(CC(=O)O)CNC2)CC1. The Balaban J connectivity index is 1.84. The molecule has 0 atom stereocenters. The number of hydrogen-bond acceptors (Lipinski definition) is 3. The lowest BCUT2D eigenvalue weighted by Crippen LogP contribution is -2.63. The molecule has 0 aromatic heterocycles. The highest BCUT2D eigenvalue weighted by Crippen LogP contribution is 2.31. The van der Waals surface area contributed by atoms with Crippen LogP contribution in [0.4, 0.5) is 0 Å². The first-order valence-electron chi connectivity index (χ1n) is 6.20. The van der Waals surface area contributed by atoms with Crippen molar-refractivity contribution in [2.75, 3.05) is 13.1 Å². The van der Waals surface area contributed by atoms with Crippen molar-refractivity contribution in [1.29, 1.82) is 0 Å². The van der Waals surface area contributed by atoms with E-state index >= 15 is 0 Å². The number of carboxylic acids is 1. The fourth-order valence-electron chi connectivity index (χ4n) is 2.63. The van der Waals surface area contributed by atoms with E-state index in [1.807, 2.05) is 0 Å². The van der Waals surface area contributed by atoms with Crippen LogP contribution in [0.15, 0.2) is 0 Å². The summed E-state index contributed by atoms with van der Waals surface area (Å²) in [5.74, 6) is 0.0421. The number of carboxylic acid groups (broad SMARTS) is 1. The number of aliphatic carboxylic acids is 1. The highest BCUT2D eigenvalue weighted by molar-refractivity contribution is 5.68. The van der Waals surface area contributed by atoms with Gasteiger partial charge < -0.3 is 15.2 Å². The molecule has 0 unspecified atom stereocenters. The lowest BCUT2D eigenvalue weighted by molar-refractivity contribution is -0.163. The Morgan fingerprint density at radius 1 is 1.38 bits per heavy atom. The van der Waals surface area contributed by atoms with Gasteiger partial charge in [-0.25, -0.2) is 0 Å². The standard InChI is InChI=1S/C12H21NO3/c1-9-2-4-10(5-3-9)16-12(6-11(14)15)7-13-8-12/h9-10,13H,2-8H2,1H3,(H,14,15). The van der Waals surface area contributed by atoms with Gasteiger partial charge in [0.05, 0.1) is 12.5 Å². The van der Waals surface area contributed by atoms with E-state index in [1.54, 1.807) is 0 Å². The molecule has 1 saturated carbocycles. The van der Waals surface area contributed by atoms with Crippen LogP contribution in [0.5, 0.6) is 0 Å². The minimum absolute atomic E-state index is 0.131. The van der Waals surface area contributed by atoms with E-state index in [0.29, 0.717) is 13.1 Å². The van der Waals surface area contributed by atoms with Gasteiger partial charge in [-0.1, -0.05) is 6.92 Å². The number of hydrogen-bond donors (Lipinski definition) is 2. The minimum Gasteiger partial charge on any atom is -0.481 e. The Hall–Kier alpha value is -0.610. The van der Waals surface area contributed by atoms with Crippen molar-refractivity contribution in [2.24, 2.45) is 5.92 Å². The molecule has 0 bridgehead atoms. The second kappa shape index (κ2) is 4.72. The molecular weight excluding hydrogens is 206 g/mol. The number of nitrogens with one attached hydrogen (secondary N) is 1. The van der Waals surface area contributed by atoms with E-state index in [9.17, 15) is 4.79 Å². The van der Waals surface area contributed by atoms with Crippen LogP contribution < -0.4 is 5.32 Å². The predicted molar refractivity (Wildman–Crippen MR) is 60.4 cm³/mol. The van der Waals surface area contributed by atoms with Crippen LogP contribution in [0, 0.1) is 5.92 Å². The molecule has 2 aliphatic rings. The van der Waals surface area contributed by atoms with Crippen LogP contribution in [-0.2, 0) is 9.53 Å². The van der Waals surface area contributed by atoms with E-state index in [1.165, 1.54) is 12.8 Å².